The molecule has 2 atom stereocenters. The molecule has 8 heteroatoms. The zero-order chi connectivity index (χ0) is 22.4. The molecule has 0 aliphatic carbocycles. The lowest BCUT2D eigenvalue weighted by Gasteiger charge is -2.17. The minimum atomic E-state index is -0.380. The van der Waals surface area contributed by atoms with Gasteiger partial charge in [0.1, 0.15) is 12.4 Å². The number of aromatic nitrogens is 3. The van der Waals surface area contributed by atoms with Crippen molar-refractivity contribution in [3.63, 3.8) is 0 Å². The highest BCUT2D eigenvalue weighted by Crippen LogP contribution is 2.23. The summed E-state index contributed by atoms with van der Waals surface area (Å²) in [6, 6.07) is 17.7. The Morgan fingerprint density at radius 2 is 1.71 bits per heavy atom. The Morgan fingerprint density at radius 3 is 2.35 bits per heavy atom. The highest BCUT2D eigenvalue weighted by atomic mass is 32.2. The van der Waals surface area contributed by atoms with Crippen molar-refractivity contribution in [1.82, 2.24) is 20.2 Å². The average molecular weight is 440 g/mol. The summed E-state index contributed by atoms with van der Waals surface area (Å²) in [4.78, 5) is 12.6. The Bertz CT molecular complexity index is 989. The predicted molar refractivity (Wildman–Crippen MR) is 123 cm³/mol. The van der Waals surface area contributed by atoms with Crippen LogP contribution in [0.3, 0.4) is 0 Å². The number of carbonyl (C=O) groups is 1. The molecule has 3 N–H and O–H groups in total. The van der Waals surface area contributed by atoms with E-state index in [9.17, 15) is 4.79 Å². The predicted octanol–water partition coefficient (Wildman–Crippen LogP) is 4.05. The Morgan fingerprint density at radius 1 is 1.03 bits per heavy atom. The van der Waals surface area contributed by atoms with Crippen LogP contribution in [0.4, 0.5) is 0 Å². The minimum absolute atomic E-state index is 0.0847. The van der Waals surface area contributed by atoms with Crippen molar-refractivity contribution in [1.29, 1.82) is 0 Å². The zero-order valence-corrected chi connectivity index (χ0v) is 19.1. The summed E-state index contributed by atoms with van der Waals surface area (Å²) in [5, 5.41) is 11.3. The number of ether oxygens (including phenoxy) is 1. The van der Waals surface area contributed by atoms with Crippen molar-refractivity contribution >= 4 is 17.7 Å². The second-order valence-electron chi connectivity index (χ2n) is 7.68. The van der Waals surface area contributed by atoms with Crippen LogP contribution in [0, 0.1) is 0 Å². The molecule has 31 heavy (non-hydrogen) atoms. The third-order valence-corrected chi connectivity index (χ3v) is 6.02. The fourth-order valence-electron chi connectivity index (χ4n) is 2.95. The summed E-state index contributed by atoms with van der Waals surface area (Å²) in [6.45, 7) is 8.26. The molecule has 0 fully saturated rings. The molecule has 0 aliphatic heterocycles. The lowest BCUT2D eigenvalue weighted by Crippen LogP contribution is -2.33. The van der Waals surface area contributed by atoms with E-state index in [1.54, 1.807) is 0 Å². The molecule has 3 aromatic rings. The van der Waals surface area contributed by atoms with Gasteiger partial charge in [-0.1, -0.05) is 68.1 Å². The van der Waals surface area contributed by atoms with Crippen molar-refractivity contribution in [2.24, 2.45) is 0 Å². The van der Waals surface area contributed by atoms with Gasteiger partial charge in [0, 0.05) is 0 Å². The third-order valence-electron chi connectivity index (χ3n) is 4.96. The van der Waals surface area contributed by atoms with E-state index in [2.05, 4.69) is 29.4 Å². The van der Waals surface area contributed by atoms with Crippen LogP contribution < -0.4 is 15.9 Å². The Hall–Kier alpha value is -3.00. The molecule has 2 aromatic carbocycles. The first-order chi connectivity index (χ1) is 14.8. The van der Waals surface area contributed by atoms with Gasteiger partial charge in [0.2, 0.25) is 11.1 Å². The maximum atomic E-state index is 12.6. The minimum Gasteiger partial charge on any atom is -0.486 e. The number of hydrogen-bond donors (Lipinski definition) is 2. The van der Waals surface area contributed by atoms with Crippen LogP contribution in [0.2, 0.25) is 0 Å². The summed E-state index contributed by atoms with van der Waals surface area (Å²) in [5.74, 6) is 7.74. The molecular formula is C23H29N5O2S. The maximum absolute atomic E-state index is 12.6. The van der Waals surface area contributed by atoms with Gasteiger partial charge in [-0.05, 0) is 43.0 Å². The number of rotatable bonds is 9. The van der Waals surface area contributed by atoms with E-state index in [0.717, 1.165) is 11.3 Å². The van der Waals surface area contributed by atoms with Crippen LogP contribution in [0.15, 0.2) is 59.8 Å². The Balaban J connectivity index is 1.54. The number of amides is 1. The molecule has 164 valence electrons. The third kappa shape index (κ3) is 6.01. The number of thioether (sulfide) groups is 1. The van der Waals surface area contributed by atoms with E-state index in [1.807, 2.05) is 68.4 Å². The van der Waals surface area contributed by atoms with E-state index >= 15 is 0 Å². The molecule has 0 radical (unpaired) electrons. The number of nitrogens with two attached hydrogens (primary N) is 1. The van der Waals surface area contributed by atoms with E-state index in [0.29, 0.717) is 16.9 Å². The SMILES string of the molecule is CC(Sc1nnc(COc2ccc(C(C)C)cc2)n1N)C(=O)NC(C)c1ccccc1. The number of hydrogen-bond acceptors (Lipinski definition) is 6. The summed E-state index contributed by atoms with van der Waals surface area (Å²) in [5.41, 5.74) is 2.30. The van der Waals surface area contributed by atoms with Crippen LogP contribution in [0.25, 0.3) is 0 Å². The summed E-state index contributed by atoms with van der Waals surface area (Å²) >= 11 is 1.26. The molecule has 0 aliphatic rings. The van der Waals surface area contributed by atoms with Crippen molar-refractivity contribution in [2.75, 3.05) is 5.84 Å². The standard InChI is InChI=1S/C23H29N5O2S/c1-15(2)18-10-12-20(13-11-18)30-14-21-26-27-23(28(21)24)31-17(4)22(29)25-16(3)19-8-6-5-7-9-19/h5-13,15-17H,14,24H2,1-4H3,(H,25,29). The van der Waals surface area contributed by atoms with Gasteiger partial charge in [-0.25, -0.2) is 4.68 Å². The van der Waals surface area contributed by atoms with E-state index in [-0.39, 0.29) is 23.8 Å². The largest absolute Gasteiger partial charge is 0.486 e. The number of carbonyl (C=O) groups excluding carboxylic acids is 1. The van der Waals surface area contributed by atoms with Crippen LogP contribution in [0.1, 0.15) is 56.6 Å². The first-order valence-corrected chi connectivity index (χ1v) is 11.2. The second-order valence-corrected chi connectivity index (χ2v) is 8.99. The Labute approximate surface area is 187 Å². The van der Waals surface area contributed by atoms with Crippen LogP contribution in [-0.2, 0) is 11.4 Å². The highest BCUT2D eigenvalue weighted by molar-refractivity contribution is 8.00. The van der Waals surface area contributed by atoms with Gasteiger partial charge in [-0.3, -0.25) is 4.79 Å². The molecule has 3 rings (SSSR count). The fourth-order valence-corrected chi connectivity index (χ4v) is 3.75. The second kappa shape index (κ2) is 10.3. The van der Waals surface area contributed by atoms with E-state index in [1.165, 1.54) is 22.0 Å². The molecule has 7 nitrogen and oxygen atoms in total. The van der Waals surface area contributed by atoms with Gasteiger partial charge in [0.15, 0.2) is 5.82 Å². The van der Waals surface area contributed by atoms with Crippen molar-refractivity contribution in [3.8, 4) is 5.75 Å². The van der Waals surface area contributed by atoms with E-state index < -0.39 is 0 Å². The maximum Gasteiger partial charge on any atom is 0.233 e. The molecule has 1 aromatic heterocycles. The molecule has 0 saturated heterocycles. The summed E-state index contributed by atoms with van der Waals surface area (Å²) < 4.78 is 7.16. The molecule has 0 bridgehead atoms. The van der Waals surface area contributed by atoms with E-state index in [4.69, 9.17) is 10.6 Å². The number of nitrogens with one attached hydrogen (secondary N) is 1. The number of nitrogens with zero attached hydrogens (tertiary/aromatic N) is 3. The van der Waals surface area contributed by atoms with Crippen LogP contribution in [0.5, 0.6) is 5.75 Å². The quantitative estimate of drug-likeness (QED) is 0.386. The lowest BCUT2D eigenvalue weighted by atomic mass is 10.0. The smallest absolute Gasteiger partial charge is 0.233 e. The molecular weight excluding hydrogens is 410 g/mol. The first-order valence-electron chi connectivity index (χ1n) is 10.3. The number of nitrogen functional groups attached to an aromatic ring is 1. The monoisotopic (exact) mass is 439 g/mol. The van der Waals surface area contributed by atoms with Gasteiger partial charge < -0.3 is 15.9 Å². The number of benzene rings is 2. The normalized spacial score (nSPS) is 13.1. The molecule has 2 unspecified atom stereocenters. The highest BCUT2D eigenvalue weighted by Gasteiger charge is 2.21. The first kappa shape index (κ1) is 22.7. The molecule has 1 heterocycles. The fraction of sp³-hybridized carbons (Fsp3) is 0.348. The summed E-state index contributed by atoms with van der Waals surface area (Å²) in [6.07, 6.45) is 0. The van der Waals surface area contributed by atoms with Crippen molar-refractivity contribution < 1.29 is 9.53 Å². The summed E-state index contributed by atoms with van der Waals surface area (Å²) in [7, 11) is 0. The Kier molecular flexibility index (Phi) is 7.57. The average Bonchev–Trinajstić information content (AvgIpc) is 3.12. The van der Waals surface area contributed by atoms with Gasteiger partial charge in [0.05, 0.1) is 11.3 Å². The van der Waals surface area contributed by atoms with Gasteiger partial charge >= 0.3 is 0 Å². The molecule has 0 saturated carbocycles. The van der Waals surface area contributed by atoms with Crippen LogP contribution in [-0.4, -0.2) is 26.0 Å². The van der Waals surface area contributed by atoms with Gasteiger partial charge in [-0.2, -0.15) is 0 Å². The zero-order valence-electron chi connectivity index (χ0n) is 18.3. The van der Waals surface area contributed by atoms with Gasteiger partial charge in [0.25, 0.3) is 0 Å². The van der Waals surface area contributed by atoms with Crippen molar-refractivity contribution in [3.05, 3.63) is 71.5 Å². The van der Waals surface area contributed by atoms with Crippen molar-refractivity contribution in [2.45, 2.75) is 56.7 Å². The lowest BCUT2D eigenvalue weighted by molar-refractivity contribution is -0.120. The molecule has 0 spiro atoms. The van der Waals surface area contributed by atoms with Gasteiger partial charge in [-0.15, -0.1) is 10.2 Å². The molecule has 1 amide bonds. The topological polar surface area (TPSA) is 95.1 Å². The van der Waals surface area contributed by atoms with Crippen LogP contribution >= 0.6 is 11.8 Å².